The number of esters is 2. The van der Waals surface area contributed by atoms with Crippen LogP contribution < -0.4 is 16.4 Å². The first-order chi connectivity index (χ1) is 48.7. The van der Waals surface area contributed by atoms with Gasteiger partial charge < -0.3 is 30.9 Å². The lowest BCUT2D eigenvalue weighted by Gasteiger charge is -2.32. The lowest BCUT2D eigenvalue weighted by molar-refractivity contribution is -0.121. The van der Waals surface area contributed by atoms with Crippen molar-refractivity contribution in [3.8, 4) is 0 Å². The highest BCUT2D eigenvalue weighted by atomic mass is 35.5. The van der Waals surface area contributed by atoms with Crippen LogP contribution in [0.1, 0.15) is 205 Å². The summed E-state index contributed by atoms with van der Waals surface area (Å²) in [6, 6.07) is 57.5. The Morgan fingerprint density at radius 1 is 0.456 bits per heavy atom. The van der Waals surface area contributed by atoms with Gasteiger partial charge in [-0.1, -0.05) is 204 Å². The van der Waals surface area contributed by atoms with E-state index in [1.807, 2.05) is 77.9 Å². The average Bonchev–Trinajstić information content (AvgIpc) is 1.66. The van der Waals surface area contributed by atoms with Crippen molar-refractivity contribution < 1.29 is 33.8 Å². The number of ether oxygens (including phenoxy) is 2. The molecule has 0 amide bonds. The Balaban J connectivity index is 0.000000181. The van der Waals surface area contributed by atoms with Crippen LogP contribution in [-0.4, -0.2) is 124 Å². The predicted molar refractivity (Wildman–Crippen MR) is 424 cm³/mol. The topological polar surface area (TPSA) is 167 Å². The number of benzene rings is 6. The molecule has 3 saturated carbocycles. The largest absolute Gasteiger partial charge is 0.478 e. The minimum atomic E-state index is -0.865. The minimum Gasteiger partial charge on any atom is -0.478 e. The molecule has 103 heavy (non-hydrogen) atoms. The second-order valence-electron chi connectivity index (χ2n) is 32.2. The van der Waals surface area contributed by atoms with Crippen LogP contribution >= 0.6 is 12.4 Å². The Morgan fingerprint density at radius 3 is 1.03 bits per heavy atom. The number of rotatable bonds is 22. The van der Waals surface area contributed by atoms with E-state index >= 15 is 0 Å². The van der Waals surface area contributed by atoms with Crippen molar-refractivity contribution >= 4 is 54.3 Å². The first kappa shape index (κ1) is 81.3. The molecule has 6 fully saturated rings. The third kappa shape index (κ3) is 27.3. The van der Waals surface area contributed by atoms with Crippen LogP contribution in [-0.2, 0) is 33.9 Å². The molecule has 3 aliphatic heterocycles. The van der Waals surface area contributed by atoms with Gasteiger partial charge in [0.25, 0.3) is 0 Å². The highest BCUT2D eigenvalue weighted by Gasteiger charge is 2.43. The molecule has 3 aliphatic carbocycles. The summed E-state index contributed by atoms with van der Waals surface area (Å²) in [5.74, 6) is 2.67. The maximum atomic E-state index is 12.2. The number of aromatic carboxylic acids is 1. The fourth-order valence-electron chi connectivity index (χ4n) is 14.2. The quantitative estimate of drug-likeness (QED) is 0.0475. The number of piperidine rings is 3. The highest BCUT2D eigenvalue weighted by molar-refractivity contribution is 5.90. The van der Waals surface area contributed by atoms with Gasteiger partial charge in [0.15, 0.2) is 0 Å². The maximum absolute atomic E-state index is 12.2. The van der Waals surface area contributed by atoms with E-state index in [0.29, 0.717) is 101 Å². The molecule has 12 rings (SSSR count). The third-order valence-corrected chi connectivity index (χ3v) is 20.2. The molecule has 3 heterocycles. The smallest absolute Gasteiger partial charge is 0.338 e. The Hall–Kier alpha value is -7.33. The molecule has 6 atom stereocenters. The van der Waals surface area contributed by atoms with Gasteiger partial charge in [0.05, 0.1) is 16.7 Å². The van der Waals surface area contributed by atoms with E-state index in [9.17, 15) is 19.2 Å². The minimum absolute atomic E-state index is 0. The summed E-state index contributed by atoms with van der Waals surface area (Å²) in [4.78, 5) is 53.7. The van der Waals surface area contributed by atoms with Crippen molar-refractivity contribution in [3.63, 3.8) is 0 Å². The molecule has 6 aromatic rings. The molecule has 0 spiro atoms. The summed E-state index contributed by atoms with van der Waals surface area (Å²) in [6.45, 7) is 33.7. The number of nitrogens with zero attached hydrogens (tertiary/aromatic N) is 3. The van der Waals surface area contributed by atoms with Crippen molar-refractivity contribution in [1.82, 2.24) is 25.3 Å². The van der Waals surface area contributed by atoms with Crippen molar-refractivity contribution in [2.75, 3.05) is 39.3 Å². The van der Waals surface area contributed by atoms with Crippen molar-refractivity contribution in [1.29, 1.82) is 0 Å². The molecular weight excluding hydrogens is 1300 g/mol. The molecule has 13 nitrogen and oxygen atoms in total. The summed E-state index contributed by atoms with van der Waals surface area (Å²) in [6.07, 6.45) is 16.8. The Labute approximate surface area is 623 Å². The van der Waals surface area contributed by atoms with Crippen LogP contribution in [0.2, 0.25) is 0 Å². The number of halogens is 1. The second kappa shape index (κ2) is 38.6. The van der Waals surface area contributed by atoms with E-state index in [2.05, 4.69) is 188 Å². The van der Waals surface area contributed by atoms with E-state index in [-0.39, 0.29) is 24.3 Å². The molecule has 5 N–H and O–H groups in total. The monoisotopic (exact) mass is 1420 g/mol. The molecule has 0 bridgehead atoms. The molecule has 6 aliphatic rings. The van der Waals surface area contributed by atoms with Gasteiger partial charge in [0, 0.05) is 75.8 Å². The number of nitrogens with two attached hydrogens (primary N) is 1. The molecular formula is C89H119ClN6O7. The zero-order chi connectivity index (χ0) is 73.1. The number of carbonyl (C=O) groups excluding carboxylic acids is 3. The number of carboxylic acids is 1. The molecule has 554 valence electrons. The number of likely N-dealkylation sites (tertiary alicyclic amines) is 3. The third-order valence-electron chi connectivity index (χ3n) is 20.2. The molecule has 0 radical (unpaired) electrons. The molecule has 14 heteroatoms. The maximum Gasteiger partial charge on any atom is 0.338 e. The van der Waals surface area contributed by atoms with Gasteiger partial charge in [-0.2, -0.15) is 0 Å². The van der Waals surface area contributed by atoms with E-state index in [0.717, 1.165) is 70.9 Å². The Bertz CT molecular complexity index is 3700. The molecule has 0 aromatic heterocycles. The van der Waals surface area contributed by atoms with Crippen molar-refractivity contribution in [2.24, 2.45) is 41.2 Å². The van der Waals surface area contributed by atoms with Crippen LogP contribution in [0.25, 0.3) is 18.2 Å². The fraction of sp³-hybridized carbons (Fsp3) is 0.483. The number of nitrogens with one attached hydrogen (secondary N) is 2. The van der Waals surface area contributed by atoms with Crippen LogP contribution in [0.4, 0.5) is 0 Å². The van der Waals surface area contributed by atoms with E-state index in [1.165, 1.54) is 71.9 Å². The highest BCUT2D eigenvalue weighted by Crippen LogP contribution is 2.44. The first-order valence-corrected chi connectivity index (χ1v) is 37.9. The van der Waals surface area contributed by atoms with Crippen LogP contribution in [0.5, 0.6) is 0 Å². The van der Waals surface area contributed by atoms with Gasteiger partial charge in [-0.3, -0.25) is 19.5 Å². The molecule has 0 unspecified atom stereocenters. The van der Waals surface area contributed by atoms with Crippen LogP contribution in [0, 0.1) is 35.5 Å². The van der Waals surface area contributed by atoms with Crippen molar-refractivity contribution in [2.45, 2.75) is 202 Å². The standard InChI is InChI=1S/C31H42N2O2.C27H34N2O2.C17H23NO3.C14H19N.ClH/c1-22(2)27(19-23-9-7-6-8-10-23)28-20-29(28)32-26-15-17-33(18-16-26)21-24-11-13-25(14-12-24)30(34)35-31(3,4)5;1-19(2)24(16-20-6-4-3-5-7-20)25-17-26(25)28-23-12-14-29(15-13-23)18-21-8-10-22(11-9-21)27(30)31;1-17(2,3)21-16(20)14-6-4-13(5-7-14)12-18-10-8-15(19)9-11-18;1-10(2)12(13-9-14(13)15)8-11-6-4-3-5-7-11;/h6-14,19,22,26,28-29,32H,15-18,20-21H2,1-5H3;3-11,16,19,23,25-26,28H,12-15,17-18H2,1-2H3,(H,30,31);4-7H,8-12H2,1-3H3;3-8,10,13-14H,9,15H2,1-2H3;1H/b27-19+;24-16+;;12-8+;/t28-,29+;25-,26+;;13-,14+;/m00.0./s1. The molecule has 6 aromatic carbocycles. The summed E-state index contributed by atoms with van der Waals surface area (Å²) in [5.41, 5.74) is 18.7. The molecule has 3 saturated heterocycles. The van der Waals surface area contributed by atoms with Gasteiger partial charge >= 0.3 is 17.9 Å². The zero-order valence-electron chi connectivity index (χ0n) is 63.6. The van der Waals surface area contributed by atoms with Crippen LogP contribution in [0.3, 0.4) is 0 Å². The SMILES string of the molecule is CC(C)(C)OC(=O)c1ccc(CN2CCC(=O)CC2)cc1.CC(C)/C(=C\c1ccccc1)[C@@H]1C[C@H]1N.CC(C)/C(=C\c1ccccc1)[C@@H]1C[C@H]1NC1CCN(Cc2ccc(C(=O)O)cc2)CC1.CC(C)/C(=C\c1ccccc1)[C@@H]1C[C@H]1NC1CCN(Cc2ccc(C(=O)OC(C)(C)C)cc2)CC1.Cl. The van der Waals surface area contributed by atoms with E-state index < -0.39 is 17.2 Å². The number of carboxylic acid groups (broad SMARTS) is 1. The van der Waals surface area contributed by atoms with Gasteiger partial charge in [-0.05, 0) is 218 Å². The van der Waals surface area contributed by atoms with E-state index in [1.54, 1.807) is 35.4 Å². The lowest BCUT2D eigenvalue weighted by atomic mass is 9.95. The summed E-state index contributed by atoms with van der Waals surface area (Å²) in [5, 5.41) is 16.9. The normalized spacial score (nSPS) is 21.4. The predicted octanol–water partition coefficient (Wildman–Crippen LogP) is 17.7. The number of hydrogen-bond acceptors (Lipinski definition) is 12. The Morgan fingerprint density at radius 2 is 0.748 bits per heavy atom. The van der Waals surface area contributed by atoms with Gasteiger partial charge in [0.1, 0.15) is 17.0 Å². The number of hydrogen-bond donors (Lipinski definition) is 4. The summed E-state index contributed by atoms with van der Waals surface area (Å²) in [7, 11) is 0. The zero-order valence-corrected chi connectivity index (χ0v) is 64.4. The van der Waals surface area contributed by atoms with Crippen molar-refractivity contribution in [3.05, 3.63) is 231 Å². The average molecular weight is 1420 g/mol. The fourth-order valence-corrected chi connectivity index (χ4v) is 14.2. The number of ketones is 1. The lowest BCUT2D eigenvalue weighted by Crippen LogP contribution is -2.43. The summed E-state index contributed by atoms with van der Waals surface area (Å²) < 4.78 is 10.8. The van der Waals surface area contributed by atoms with Gasteiger partial charge in [-0.15, -0.1) is 12.4 Å². The summed E-state index contributed by atoms with van der Waals surface area (Å²) >= 11 is 0. The Kier molecular flexibility index (Phi) is 30.5. The van der Waals surface area contributed by atoms with Gasteiger partial charge in [-0.25, -0.2) is 14.4 Å². The van der Waals surface area contributed by atoms with E-state index in [4.69, 9.17) is 20.3 Å². The van der Waals surface area contributed by atoms with Crippen LogP contribution in [0.15, 0.2) is 181 Å². The first-order valence-electron chi connectivity index (χ1n) is 37.9. The number of Topliss-reactive ketones (excluding diaryl/α,β-unsaturated/α-hetero) is 1. The van der Waals surface area contributed by atoms with Gasteiger partial charge in [0.2, 0.25) is 0 Å². The second-order valence-corrected chi connectivity index (χ2v) is 32.2. The number of carbonyl (C=O) groups is 4.